The molecule has 32 heavy (non-hydrogen) atoms. The van der Waals surface area contributed by atoms with Crippen molar-refractivity contribution in [2.45, 2.75) is 12.3 Å². The van der Waals surface area contributed by atoms with Gasteiger partial charge in [-0.05, 0) is 53.5 Å². The van der Waals surface area contributed by atoms with Gasteiger partial charge in [-0.15, -0.1) is 0 Å². The fourth-order valence-corrected chi connectivity index (χ4v) is 4.33. The number of nitrogens with one attached hydrogen (secondary N) is 1. The summed E-state index contributed by atoms with van der Waals surface area (Å²) >= 11 is 6.06. The number of non-ortho nitro benzene ring substituents is 1. The summed E-state index contributed by atoms with van der Waals surface area (Å²) in [5.41, 5.74) is 4.96. The second kappa shape index (κ2) is 7.98. The van der Waals surface area contributed by atoms with Crippen LogP contribution in [0.15, 0.2) is 83.7 Å². The highest BCUT2D eigenvalue weighted by Gasteiger charge is 2.30. The predicted molar refractivity (Wildman–Crippen MR) is 125 cm³/mol. The summed E-state index contributed by atoms with van der Waals surface area (Å²) in [6, 6.07) is 23.4. The van der Waals surface area contributed by atoms with Gasteiger partial charge in [0, 0.05) is 23.1 Å². The molecule has 0 saturated carbocycles. The van der Waals surface area contributed by atoms with Crippen LogP contribution in [0.4, 0.5) is 5.69 Å². The zero-order valence-corrected chi connectivity index (χ0v) is 17.6. The van der Waals surface area contributed by atoms with Crippen molar-refractivity contribution in [1.29, 1.82) is 0 Å². The number of halogens is 1. The molecule has 0 amide bonds. The number of nitrogens with zero attached hydrogens (tertiary/aromatic N) is 2. The molecule has 1 N–H and O–H groups in total. The summed E-state index contributed by atoms with van der Waals surface area (Å²) in [5.74, 6) is -0.241. The van der Waals surface area contributed by atoms with Gasteiger partial charge in [-0.2, -0.15) is 0 Å². The van der Waals surface area contributed by atoms with Crippen LogP contribution in [0.25, 0.3) is 17.3 Å². The van der Waals surface area contributed by atoms with Gasteiger partial charge in [0.05, 0.1) is 21.9 Å². The lowest BCUT2D eigenvalue weighted by molar-refractivity contribution is -0.384. The molecule has 0 saturated heterocycles. The molecular weight excluding hydrogens is 426 g/mol. The van der Waals surface area contributed by atoms with Gasteiger partial charge in [-0.25, -0.2) is 4.68 Å². The van der Waals surface area contributed by atoms with Crippen LogP contribution >= 0.6 is 11.6 Å². The Morgan fingerprint density at radius 2 is 1.66 bits per heavy atom. The van der Waals surface area contributed by atoms with Crippen molar-refractivity contribution in [1.82, 2.24) is 9.78 Å². The first-order chi connectivity index (χ1) is 15.5. The molecule has 0 fully saturated rings. The van der Waals surface area contributed by atoms with Crippen LogP contribution in [0.1, 0.15) is 34.7 Å². The van der Waals surface area contributed by atoms with E-state index in [1.54, 1.807) is 16.8 Å². The lowest BCUT2D eigenvalue weighted by Crippen LogP contribution is -2.21. The Morgan fingerprint density at radius 3 is 2.31 bits per heavy atom. The lowest BCUT2D eigenvalue weighted by atomic mass is 9.80. The average Bonchev–Trinajstić information content (AvgIpc) is 3.16. The Bertz CT molecular complexity index is 1390. The normalized spacial score (nSPS) is 15.2. The fraction of sp³-hybridized carbons (Fsp3) is 0.0800. The van der Waals surface area contributed by atoms with E-state index in [9.17, 15) is 14.9 Å². The Labute approximate surface area is 188 Å². The second-order valence-electron chi connectivity index (χ2n) is 7.70. The molecule has 3 aromatic carbocycles. The van der Waals surface area contributed by atoms with E-state index in [0.29, 0.717) is 17.0 Å². The number of nitro benzene ring substituents is 1. The van der Waals surface area contributed by atoms with Gasteiger partial charge >= 0.3 is 0 Å². The third kappa shape index (κ3) is 3.55. The van der Waals surface area contributed by atoms with E-state index < -0.39 is 4.92 Å². The van der Waals surface area contributed by atoms with Crippen LogP contribution in [0.2, 0.25) is 5.02 Å². The number of fused-ring (bicyclic) bond motifs is 1. The summed E-state index contributed by atoms with van der Waals surface area (Å²) in [7, 11) is 0. The van der Waals surface area contributed by atoms with Crippen molar-refractivity contribution >= 4 is 28.9 Å². The third-order valence-electron chi connectivity index (χ3n) is 5.78. The quantitative estimate of drug-likeness (QED) is 0.319. The zero-order valence-electron chi connectivity index (χ0n) is 16.9. The number of hydrogen-bond acceptors (Lipinski definition) is 3. The summed E-state index contributed by atoms with van der Waals surface area (Å²) in [6.45, 7) is 0. The van der Waals surface area contributed by atoms with Crippen LogP contribution in [0, 0.1) is 10.1 Å². The number of nitro groups is 1. The molecule has 6 nitrogen and oxygen atoms in total. The molecular formula is C25H18ClN3O3. The largest absolute Gasteiger partial charge is 0.291 e. The van der Waals surface area contributed by atoms with Crippen LogP contribution in [0.5, 0.6) is 0 Å². The topological polar surface area (TPSA) is 80.9 Å². The summed E-state index contributed by atoms with van der Waals surface area (Å²) < 4.78 is 1.55. The maximum atomic E-state index is 13.4. The first kappa shape index (κ1) is 20.0. The molecule has 0 bridgehead atoms. The number of allylic oxidation sites excluding steroid dienone is 1. The van der Waals surface area contributed by atoms with Gasteiger partial charge < -0.3 is 0 Å². The molecule has 0 radical (unpaired) electrons. The second-order valence-corrected chi connectivity index (χ2v) is 8.13. The lowest BCUT2D eigenvalue weighted by Gasteiger charge is -2.23. The van der Waals surface area contributed by atoms with E-state index in [4.69, 9.17) is 11.6 Å². The molecule has 7 heteroatoms. The van der Waals surface area contributed by atoms with Crippen molar-refractivity contribution < 1.29 is 4.92 Å². The van der Waals surface area contributed by atoms with Gasteiger partial charge in [0.1, 0.15) is 0 Å². The molecule has 0 aliphatic heterocycles. The number of aromatic amines is 1. The van der Waals surface area contributed by atoms with Gasteiger partial charge in [-0.3, -0.25) is 20.0 Å². The van der Waals surface area contributed by atoms with E-state index in [1.165, 1.54) is 12.1 Å². The smallest absolute Gasteiger partial charge is 0.275 e. The van der Waals surface area contributed by atoms with E-state index >= 15 is 0 Å². The van der Waals surface area contributed by atoms with E-state index in [2.05, 4.69) is 5.10 Å². The highest BCUT2D eigenvalue weighted by atomic mass is 35.5. The molecule has 0 spiro atoms. The van der Waals surface area contributed by atoms with Crippen LogP contribution < -0.4 is 5.56 Å². The molecule has 5 rings (SSSR count). The molecule has 1 aliphatic rings. The van der Waals surface area contributed by atoms with Crippen molar-refractivity contribution in [3.8, 4) is 5.69 Å². The number of benzene rings is 3. The van der Waals surface area contributed by atoms with Crippen molar-refractivity contribution in [3.05, 3.63) is 127 Å². The third-order valence-corrected chi connectivity index (χ3v) is 6.03. The van der Waals surface area contributed by atoms with Crippen LogP contribution in [-0.2, 0) is 0 Å². The predicted octanol–water partition coefficient (Wildman–Crippen LogP) is 5.80. The molecule has 1 atom stereocenters. The molecule has 1 unspecified atom stereocenters. The minimum atomic E-state index is -0.423. The van der Waals surface area contributed by atoms with E-state index in [1.807, 2.05) is 60.7 Å². The maximum absolute atomic E-state index is 13.4. The van der Waals surface area contributed by atoms with Gasteiger partial charge in [0.2, 0.25) is 0 Å². The van der Waals surface area contributed by atoms with E-state index in [0.717, 1.165) is 28.1 Å². The summed E-state index contributed by atoms with van der Waals surface area (Å²) in [6.07, 6.45) is 2.59. The van der Waals surface area contributed by atoms with Gasteiger partial charge in [0.15, 0.2) is 0 Å². The summed E-state index contributed by atoms with van der Waals surface area (Å²) in [4.78, 5) is 24.1. The maximum Gasteiger partial charge on any atom is 0.275 e. The molecule has 4 aromatic rings. The Morgan fingerprint density at radius 1 is 0.969 bits per heavy atom. The van der Waals surface area contributed by atoms with Crippen molar-refractivity contribution in [2.24, 2.45) is 0 Å². The first-order valence-electron chi connectivity index (χ1n) is 10.1. The Kier molecular flexibility index (Phi) is 4.99. The number of H-pyrrole nitrogens is 1. The molecule has 1 aliphatic carbocycles. The Hall–Kier alpha value is -3.90. The number of rotatable bonds is 4. The van der Waals surface area contributed by atoms with Crippen molar-refractivity contribution in [3.63, 3.8) is 0 Å². The number of aromatic nitrogens is 2. The van der Waals surface area contributed by atoms with Crippen LogP contribution in [0.3, 0.4) is 0 Å². The first-order valence-corrected chi connectivity index (χ1v) is 10.5. The SMILES string of the molecule is O=c1c2c([nH]n1-c1ccccc1)C=C(c1ccc(Cl)cc1)CC2c1ccc([N+](=O)[O-])cc1. The monoisotopic (exact) mass is 443 g/mol. The average molecular weight is 444 g/mol. The highest BCUT2D eigenvalue weighted by Crippen LogP contribution is 2.40. The van der Waals surface area contributed by atoms with Gasteiger partial charge in [0.25, 0.3) is 11.2 Å². The number of hydrogen-bond donors (Lipinski definition) is 1. The highest BCUT2D eigenvalue weighted by molar-refractivity contribution is 6.30. The standard InChI is InChI=1S/C25H18ClN3O3/c26-19-10-6-16(7-11-19)18-14-22(17-8-12-21(13-9-17)29(31)32)24-23(15-18)27-28(25(24)30)20-4-2-1-3-5-20/h1-13,15,22,27H,14H2. The molecule has 158 valence electrons. The minimum absolute atomic E-state index is 0.0222. The zero-order chi connectivity index (χ0) is 22.2. The fourth-order valence-electron chi connectivity index (χ4n) is 4.21. The van der Waals surface area contributed by atoms with Gasteiger partial charge in [-0.1, -0.05) is 54.1 Å². The Balaban J connectivity index is 1.67. The van der Waals surface area contributed by atoms with Crippen LogP contribution in [-0.4, -0.2) is 14.7 Å². The molecule has 1 aromatic heterocycles. The molecule has 1 heterocycles. The number of para-hydroxylation sites is 1. The van der Waals surface area contributed by atoms with E-state index in [-0.39, 0.29) is 17.2 Å². The van der Waals surface area contributed by atoms with Crippen molar-refractivity contribution in [2.75, 3.05) is 0 Å². The minimum Gasteiger partial charge on any atom is -0.291 e. The summed E-state index contributed by atoms with van der Waals surface area (Å²) in [5, 5.41) is 15.0.